The lowest BCUT2D eigenvalue weighted by molar-refractivity contribution is -0.870. The predicted octanol–water partition coefficient (Wildman–Crippen LogP) is 19.0. The molecular weight excluding hydrogens is 1030 g/mol. The normalized spacial score (nSPS) is 13.7. The summed E-state index contributed by atoms with van der Waals surface area (Å²) in [6, 6.07) is 0. The first-order valence-corrected chi connectivity index (χ1v) is 33.0. The lowest BCUT2D eigenvalue weighted by atomic mass is 10.0. The van der Waals surface area contributed by atoms with Crippen LogP contribution >= 0.6 is 0 Å². The third-order valence-corrected chi connectivity index (χ3v) is 13.6. The number of carboxylic acid groups (broad SMARTS) is 1. The van der Waals surface area contributed by atoms with Gasteiger partial charge in [-0.25, -0.2) is 0 Å². The van der Waals surface area contributed by atoms with Gasteiger partial charge in [-0.3, -0.25) is 9.59 Å². The van der Waals surface area contributed by atoms with E-state index in [1.54, 1.807) is 0 Å². The number of quaternary nitrogens is 1. The smallest absolute Gasteiger partial charge is 0.306 e. The fraction of sp³-hybridized carbons (Fsp3) is 0.635. The number of ether oxygens (including phenoxy) is 4. The van der Waals surface area contributed by atoms with Crippen molar-refractivity contribution in [3.8, 4) is 0 Å². The van der Waals surface area contributed by atoms with E-state index in [0.29, 0.717) is 17.4 Å². The van der Waals surface area contributed by atoms with Gasteiger partial charge in [-0.2, -0.15) is 0 Å². The minimum absolute atomic E-state index is 0.135. The molecule has 0 saturated carbocycles. The van der Waals surface area contributed by atoms with Crippen LogP contribution in [0.25, 0.3) is 0 Å². The third kappa shape index (κ3) is 64.6. The van der Waals surface area contributed by atoms with Gasteiger partial charge in [0.15, 0.2) is 12.4 Å². The van der Waals surface area contributed by atoms with E-state index >= 15 is 0 Å². The van der Waals surface area contributed by atoms with Crippen molar-refractivity contribution in [2.45, 2.75) is 257 Å². The van der Waals surface area contributed by atoms with Gasteiger partial charge in [0.05, 0.1) is 40.3 Å². The number of hydrogen-bond acceptors (Lipinski definition) is 8. The van der Waals surface area contributed by atoms with Crippen molar-refractivity contribution in [3.05, 3.63) is 146 Å². The summed E-state index contributed by atoms with van der Waals surface area (Å²) in [4.78, 5) is 37.4. The maximum atomic E-state index is 12.9. The minimum Gasteiger partial charge on any atom is -0.545 e. The second-order valence-electron chi connectivity index (χ2n) is 22.6. The summed E-state index contributed by atoms with van der Waals surface area (Å²) < 4.78 is 22.7. The molecule has 9 nitrogen and oxygen atoms in total. The Morgan fingerprint density at radius 1 is 0.361 bits per heavy atom. The highest BCUT2D eigenvalue weighted by Crippen LogP contribution is 2.16. The second-order valence-corrected chi connectivity index (χ2v) is 22.6. The molecule has 83 heavy (non-hydrogen) atoms. The Labute approximate surface area is 509 Å². The van der Waals surface area contributed by atoms with Crippen LogP contribution in [0.5, 0.6) is 0 Å². The van der Waals surface area contributed by atoms with Crippen LogP contribution in [0.1, 0.15) is 245 Å². The summed E-state index contributed by atoms with van der Waals surface area (Å²) in [7, 11) is 5.91. The maximum Gasteiger partial charge on any atom is 0.306 e. The quantitative estimate of drug-likeness (QED) is 0.0195. The van der Waals surface area contributed by atoms with Gasteiger partial charge >= 0.3 is 11.9 Å². The first kappa shape index (κ1) is 78.2. The Hall–Kier alpha value is -4.83. The van der Waals surface area contributed by atoms with E-state index in [-0.39, 0.29) is 38.6 Å². The van der Waals surface area contributed by atoms with Gasteiger partial charge in [0.1, 0.15) is 13.2 Å². The van der Waals surface area contributed by atoms with Gasteiger partial charge in [0.25, 0.3) is 0 Å². The minimum atomic E-state index is -1.64. The van der Waals surface area contributed by atoms with Crippen LogP contribution in [-0.4, -0.2) is 82.3 Å². The molecule has 0 aromatic carbocycles. The molecule has 0 aliphatic rings. The van der Waals surface area contributed by atoms with E-state index in [4.69, 9.17) is 18.9 Å². The summed E-state index contributed by atoms with van der Waals surface area (Å²) in [6.45, 7) is 4.49. The summed E-state index contributed by atoms with van der Waals surface area (Å²) >= 11 is 0. The van der Waals surface area contributed by atoms with E-state index in [1.165, 1.54) is 89.9 Å². The largest absolute Gasteiger partial charge is 0.545 e. The average Bonchev–Trinajstić information content (AvgIpc) is 3.46. The van der Waals surface area contributed by atoms with E-state index in [1.807, 2.05) is 21.1 Å². The van der Waals surface area contributed by atoms with Gasteiger partial charge < -0.3 is 33.3 Å². The molecule has 0 radical (unpaired) electrons. The first-order valence-electron chi connectivity index (χ1n) is 33.0. The zero-order valence-electron chi connectivity index (χ0n) is 53.5. The highest BCUT2D eigenvalue weighted by molar-refractivity contribution is 5.70. The number of carboxylic acids is 1. The van der Waals surface area contributed by atoms with Crippen LogP contribution < -0.4 is 5.11 Å². The summed E-state index contributed by atoms with van der Waals surface area (Å²) in [5.74, 6) is -2.33. The molecule has 0 rings (SSSR count). The highest BCUT2D eigenvalue weighted by atomic mass is 16.7. The van der Waals surface area contributed by atoms with Crippen molar-refractivity contribution in [3.63, 3.8) is 0 Å². The third-order valence-electron chi connectivity index (χ3n) is 13.6. The van der Waals surface area contributed by atoms with Crippen LogP contribution in [0.15, 0.2) is 146 Å². The molecule has 0 saturated heterocycles. The molecule has 0 aromatic rings. The standard InChI is InChI=1S/C74H121NO8/c1-6-8-10-12-14-16-18-20-22-24-26-28-30-32-34-36-38-40-42-44-46-48-50-52-54-56-58-60-62-64-71(76)81-68-70(69-82-74(73(78)79)80-67-66-75(3,4)5)83-72(77)65-63-61-59-57-55-53-51-49-47-45-43-41-39-37-35-33-31-29-27-25-23-21-19-17-15-13-11-9-7-2/h8-11,14-17,20-23,26-29,33,35,39,41,45,47,51,53,70,74H,6-7,12-13,18-19,24-25,30-32,34,36-38,40,42-44,46,48-50,52,54-69H2,1-5H3/b10-8-,11-9-,16-14-,17-15-,22-20-,23-21-,28-26-,29-27-,35-33-,41-39-,47-45-,53-51-. The molecule has 0 aromatic heterocycles. The number of aliphatic carboxylic acids is 1. The summed E-state index contributed by atoms with van der Waals surface area (Å²) in [6.07, 6.45) is 89.1. The molecule has 0 aliphatic carbocycles. The Kier molecular flexibility index (Phi) is 59.5. The molecule has 0 N–H and O–H groups in total. The van der Waals surface area contributed by atoms with Gasteiger partial charge in [-0.1, -0.05) is 262 Å². The molecule has 0 amide bonds. The van der Waals surface area contributed by atoms with Crippen LogP contribution in [0, 0.1) is 0 Å². The maximum absolute atomic E-state index is 12.9. The zero-order valence-corrected chi connectivity index (χ0v) is 53.5. The number of rotatable bonds is 59. The van der Waals surface area contributed by atoms with Crippen LogP contribution in [0.2, 0.25) is 0 Å². The Morgan fingerprint density at radius 3 is 0.964 bits per heavy atom. The van der Waals surface area contributed by atoms with Crippen molar-refractivity contribution >= 4 is 17.9 Å². The SMILES string of the molecule is CC/C=C\C/C=C\C/C=C\C/C=C\C/C=C\C/C=C\C/C=C\C/C=C\CCCCCCC(=O)OC(COC(=O)CCCCCCCCCCCCCCCCCC/C=C\C/C=C\C/C=C\C/C=C\CC)COC(OCC[N+](C)(C)C)C(=O)[O-]. The molecule has 0 spiro atoms. The molecule has 470 valence electrons. The Balaban J connectivity index is 4.25. The number of carbonyl (C=O) groups is 3. The molecule has 2 atom stereocenters. The van der Waals surface area contributed by atoms with Gasteiger partial charge in [0.2, 0.25) is 0 Å². The Morgan fingerprint density at radius 2 is 0.651 bits per heavy atom. The molecule has 0 heterocycles. The monoisotopic (exact) mass is 1150 g/mol. The van der Waals surface area contributed by atoms with E-state index < -0.39 is 24.3 Å². The van der Waals surface area contributed by atoms with E-state index in [0.717, 1.165) is 122 Å². The van der Waals surface area contributed by atoms with Crippen molar-refractivity contribution in [1.82, 2.24) is 0 Å². The summed E-state index contributed by atoms with van der Waals surface area (Å²) in [5, 5.41) is 11.8. The fourth-order valence-corrected chi connectivity index (χ4v) is 8.60. The molecular formula is C74H121NO8. The predicted molar refractivity (Wildman–Crippen MR) is 352 cm³/mol. The van der Waals surface area contributed by atoms with E-state index in [2.05, 4.69) is 160 Å². The van der Waals surface area contributed by atoms with Crippen molar-refractivity contribution < 1.29 is 42.9 Å². The lowest BCUT2D eigenvalue weighted by Gasteiger charge is -2.26. The fourth-order valence-electron chi connectivity index (χ4n) is 8.60. The van der Waals surface area contributed by atoms with Gasteiger partial charge in [0, 0.05) is 12.8 Å². The van der Waals surface area contributed by atoms with Gasteiger partial charge in [-0.15, -0.1) is 0 Å². The number of likely N-dealkylation sites (N-methyl/N-ethyl adjacent to an activating group) is 1. The molecule has 9 heteroatoms. The molecule has 0 aliphatic heterocycles. The van der Waals surface area contributed by atoms with Crippen molar-refractivity contribution in [2.24, 2.45) is 0 Å². The van der Waals surface area contributed by atoms with Gasteiger partial charge in [-0.05, 0) is 116 Å². The van der Waals surface area contributed by atoms with Crippen LogP contribution in [-0.2, 0) is 33.3 Å². The lowest BCUT2D eigenvalue weighted by Crippen LogP contribution is -2.44. The number of allylic oxidation sites excluding steroid dienone is 24. The number of esters is 2. The molecule has 0 bridgehead atoms. The zero-order chi connectivity index (χ0) is 60.5. The number of nitrogens with zero attached hydrogens (tertiary/aromatic N) is 1. The van der Waals surface area contributed by atoms with Crippen molar-refractivity contribution in [1.29, 1.82) is 0 Å². The van der Waals surface area contributed by atoms with Crippen molar-refractivity contribution in [2.75, 3.05) is 47.5 Å². The average molecular weight is 1150 g/mol. The molecule has 0 fully saturated rings. The number of carbonyl (C=O) groups excluding carboxylic acids is 3. The first-order chi connectivity index (χ1) is 40.6. The van der Waals surface area contributed by atoms with Crippen LogP contribution in [0.3, 0.4) is 0 Å². The number of hydrogen-bond donors (Lipinski definition) is 0. The topological polar surface area (TPSA) is 111 Å². The second kappa shape index (κ2) is 63.2. The Bertz CT molecular complexity index is 1870. The molecule has 2 unspecified atom stereocenters. The van der Waals surface area contributed by atoms with Crippen LogP contribution in [0.4, 0.5) is 0 Å². The highest BCUT2D eigenvalue weighted by Gasteiger charge is 2.22. The number of unbranched alkanes of at least 4 members (excludes halogenated alkanes) is 20. The van der Waals surface area contributed by atoms with E-state index in [9.17, 15) is 19.5 Å². The summed E-state index contributed by atoms with van der Waals surface area (Å²) in [5.41, 5.74) is 0.